The summed E-state index contributed by atoms with van der Waals surface area (Å²) < 4.78 is 18.8. The van der Waals surface area contributed by atoms with Crippen molar-refractivity contribution in [2.75, 3.05) is 31.2 Å². The summed E-state index contributed by atoms with van der Waals surface area (Å²) in [6, 6.07) is 10.2. The molecule has 1 atom stereocenters. The van der Waals surface area contributed by atoms with Gasteiger partial charge in [0.25, 0.3) is 5.91 Å². The number of morpholine rings is 1. The number of halogens is 1. The molecule has 1 unspecified atom stereocenters. The zero-order valence-corrected chi connectivity index (χ0v) is 17.4. The highest BCUT2D eigenvalue weighted by atomic mass is 19.1. The molecule has 0 bridgehead atoms. The second-order valence-electron chi connectivity index (χ2n) is 7.53. The number of anilines is 1. The number of allylic oxidation sites excluding steroid dienone is 1. The van der Waals surface area contributed by atoms with Crippen LogP contribution in [-0.4, -0.2) is 54.2 Å². The van der Waals surface area contributed by atoms with Crippen molar-refractivity contribution in [2.24, 2.45) is 0 Å². The molecule has 2 aromatic carbocycles. The Hall–Kier alpha value is -3.72. The van der Waals surface area contributed by atoms with Gasteiger partial charge in [-0.3, -0.25) is 9.69 Å². The third kappa shape index (κ3) is 4.06. The Morgan fingerprint density at radius 2 is 1.81 bits per heavy atom. The summed E-state index contributed by atoms with van der Waals surface area (Å²) in [5.74, 6) is -1.82. The van der Waals surface area contributed by atoms with E-state index in [1.807, 2.05) is 0 Å². The average Bonchev–Trinajstić information content (AvgIpc) is 2.79. The summed E-state index contributed by atoms with van der Waals surface area (Å²) in [6.45, 7) is 3.30. The van der Waals surface area contributed by atoms with E-state index >= 15 is 0 Å². The number of nitrogens with one attached hydrogen (secondary N) is 1. The molecule has 2 aromatic rings. The highest BCUT2D eigenvalue weighted by molar-refractivity contribution is 6.05. The zero-order chi connectivity index (χ0) is 22.8. The fourth-order valence-electron chi connectivity index (χ4n) is 3.95. The molecule has 2 aliphatic rings. The minimum absolute atomic E-state index is 0.0183. The van der Waals surface area contributed by atoms with E-state index in [4.69, 9.17) is 4.74 Å². The highest BCUT2D eigenvalue weighted by Gasteiger charge is 2.38. The molecule has 0 spiro atoms. The predicted octanol–water partition coefficient (Wildman–Crippen LogP) is 2.93. The Kier molecular flexibility index (Phi) is 5.91. The number of aromatic carboxylic acids is 1. The lowest BCUT2D eigenvalue weighted by atomic mass is 9.93. The van der Waals surface area contributed by atoms with Gasteiger partial charge < -0.3 is 20.1 Å². The maximum atomic E-state index is 13.5. The van der Waals surface area contributed by atoms with E-state index in [1.54, 1.807) is 17.9 Å². The molecule has 3 amide bonds. The number of amides is 3. The molecular formula is C23H22FN3O5. The molecule has 8 nitrogen and oxygen atoms in total. The van der Waals surface area contributed by atoms with Crippen LogP contribution in [0.15, 0.2) is 59.8 Å². The molecular weight excluding hydrogens is 417 g/mol. The minimum Gasteiger partial charge on any atom is -0.478 e. The number of carboxylic acid groups (broad SMARTS) is 1. The summed E-state index contributed by atoms with van der Waals surface area (Å²) in [5.41, 5.74) is 1.62. The molecule has 2 heterocycles. The summed E-state index contributed by atoms with van der Waals surface area (Å²) in [7, 11) is 0. The van der Waals surface area contributed by atoms with Gasteiger partial charge in [0.2, 0.25) is 0 Å². The summed E-state index contributed by atoms with van der Waals surface area (Å²) in [5, 5.41) is 12.2. The number of hydrogen-bond donors (Lipinski definition) is 2. The van der Waals surface area contributed by atoms with E-state index in [2.05, 4.69) is 5.32 Å². The first-order valence-electron chi connectivity index (χ1n) is 10.1. The molecule has 32 heavy (non-hydrogen) atoms. The number of hydrogen-bond acceptors (Lipinski definition) is 4. The molecule has 0 aliphatic carbocycles. The van der Waals surface area contributed by atoms with Gasteiger partial charge in [-0.05, 0) is 42.8 Å². The topological polar surface area (TPSA) is 99.2 Å². The molecule has 0 aromatic heterocycles. The SMILES string of the molecule is CC1=C(C(=O)N2CCOCC2)C(c2ccc(F)cc2)NC(=O)N1c1cccc(C(=O)O)c1. The van der Waals surface area contributed by atoms with Crippen LogP contribution < -0.4 is 10.2 Å². The lowest BCUT2D eigenvalue weighted by Gasteiger charge is -2.38. The van der Waals surface area contributed by atoms with Gasteiger partial charge in [0.1, 0.15) is 5.82 Å². The van der Waals surface area contributed by atoms with Crippen molar-refractivity contribution in [3.63, 3.8) is 0 Å². The lowest BCUT2D eigenvalue weighted by Crippen LogP contribution is -2.51. The van der Waals surface area contributed by atoms with Gasteiger partial charge in [-0.1, -0.05) is 18.2 Å². The van der Waals surface area contributed by atoms with Gasteiger partial charge in [0, 0.05) is 18.8 Å². The van der Waals surface area contributed by atoms with Crippen LogP contribution in [0, 0.1) is 5.82 Å². The number of nitrogens with zero attached hydrogens (tertiary/aromatic N) is 2. The third-order valence-electron chi connectivity index (χ3n) is 5.57. The second kappa shape index (κ2) is 8.80. The van der Waals surface area contributed by atoms with Gasteiger partial charge in [0.15, 0.2) is 0 Å². The van der Waals surface area contributed by atoms with Crippen LogP contribution in [0.5, 0.6) is 0 Å². The lowest BCUT2D eigenvalue weighted by molar-refractivity contribution is -0.131. The van der Waals surface area contributed by atoms with E-state index in [1.165, 1.54) is 47.4 Å². The second-order valence-corrected chi connectivity index (χ2v) is 7.53. The molecule has 166 valence electrons. The number of carbonyl (C=O) groups is 3. The normalized spacial score (nSPS) is 19.1. The molecule has 0 radical (unpaired) electrons. The van der Waals surface area contributed by atoms with Crippen LogP contribution in [0.2, 0.25) is 0 Å². The summed E-state index contributed by atoms with van der Waals surface area (Å²) in [4.78, 5) is 41.0. The Bertz CT molecular complexity index is 1090. The van der Waals surface area contributed by atoms with E-state index in [0.29, 0.717) is 48.8 Å². The van der Waals surface area contributed by atoms with Gasteiger partial charge in [-0.25, -0.2) is 14.0 Å². The van der Waals surface area contributed by atoms with Crippen LogP contribution in [0.3, 0.4) is 0 Å². The van der Waals surface area contributed by atoms with Crippen LogP contribution in [0.1, 0.15) is 28.9 Å². The Labute approximate surface area is 183 Å². The first-order chi connectivity index (χ1) is 15.4. The smallest absolute Gasteiger partial charge is 0.335 e. The Morgan fingerprint density at radius 1 is 1.12 bits per heavy atom. The van der Waals surface area contributed by atoms with Gasteiger partial charge in [-0.15, -0.1) is 0 Å². The molecule has 1 fully saturated rings. The first-order valence-corrected chi connectivity index (χ1v) is 10.1. The maximum absolute atomic E-state index is 13.5. The molecule has 2 N–H and O–H groups in total. The average molecular weight is 439 g/mol. The van der Waals surface area contributed by atoms with E-state index in [-0.39, 0.29) is 11.5 Å². The van der Waals surface area contributed by atoms with Crippen LogP contribution in [0.4, 0.5) is 14.9 Å². The quantitative estimate of drug-likeness (QED) is 0.763. The van der Waals surface area contributed by atoms with Crippen molar-refractivity contribution in [3.8, 4) is 0 Å². The molecule has 1 saturated heterocycles. The van der Waals surface area contributed by atoms with Crippen molar-refractivity contribution >= 4 is 23.6 Å². The standard InChI is InChI=1S/C23H22FN3O5/c1-14-19(21(28)26-9-11-32-12-10-26)20(15-5-7-17(24)8-6-15)25-23(31)27(14)18-4-2-3-16(13-18)22(29)30/h2-8,13,20H,9-12H2,1H3,(H,25,31)(H,29,30). The Balaban J connectivity index is 1.82. The number of benzene rings is 2. The monoisotopic (exact) mass is 439 g/mol. The number of carbonyl (C=O) groups excluding carboxylic acids is 2. The van der Waals surface area contributed by atoms with Crippen LogP contribution >= 0.6 is 0 Å². The number of rotatable bonds is 4. The summed E-state index contributed by atoms with van der Waals surface area (Å²) >= 11 is 0. The zero-order valence-electron chi connectivity index (χ0n) is 17.4. The molecule has 2 aliphatic heterocycles. The highest BCUT2D eigenvalue weighted by Crippen LogP contribution is 2.35. The van der Waals surface area contributed by atoms with Crippen LogP contribution in [0.25, 0.3) is 0 Å². The van der Waals surface area contributed by atoms with Gasteiger partial charge in [-0.2, -0.15) is 0 Å². The van der Waals surface area contributed by atoms with Crippen molar-refractivity contribution < 1.29 is 28.6 Å². The largest absolute Gasteiger partial charge is 0.478 e. The number of ether oxygens (including phenoxy) is 1. The van der Waals surface area contributed by atoms with Gasteiger partial charge in [0.05, 0.1) is 36.1 Å². The van der Waals surface area contributed by atoms with E-state index in [0.717, 1.165) is 0 Å². The number of carboxylic acids is 1. The van der Waals surface area contributed by atoms with Crippen molar-refractivity contribution in [3.05, 3.63) is 76.7 Å². The molecule has 4 rings (SSSR count). The number of urea groups is 1. The van der Waals surface area contributed by atoms with Crippen molar-refractivity contribution in [1.82, 2.24) is 10.2 Å². The third-order valence-corrected chi connectivity index (χ3v) is 5.57. The first kappa shape index (κ1) is 21.5. The maximum Gasteiger partial charge on any atom is 0.335 e. The minimum atomic E-state index is -1.13. The van der Waals surface area contributed by atoms with E-state index < -0.39 is 23.9 Å². The van der Waals surface area contributed by atoms with E-state index in [9.17, 15) is 23.9 Å². The van der Waals surface area contributed by atoms with Crippen molar-refractivity contribution in [2.45, 2.75) is 13.0 Å². The fourth-order valence-corrected chi connectivity index (χ4v) is 3.95. The Morgan fingerprint density at radius 3 is 2.47 bits per heavy atom. The van der Waals surface area contributed by atoms with Crippen LogP contribution in [-0.2, 0) is 9.53 Å². The fraction of sp³-hybridized carbons (Fsp3) is 0.261. The van der Waals surface area contributed by atoms with Crippen molar-refractivity contribution in [1.29, 1.82) is 0 Å². The molecule has 9 heteroatoms. The molecule has 0 saturated carbocycles. The summed E-state index contributed by atoms with van der Waals surface area (Å²) in [6.07, 6.45) is 0. The van der Waals surface area contributed by atoms with Gasteiger partial charge >= 0.3 is 12.0 Å². The predicted molar refractivity (Wildman–Crippen MR) is 114 cm³/mol.